The van der Waals surface area contributed by atoms with Crippen molar-refractivity contribution < 1.29 is 28.2 Å². The Morgan fingerprint density at radius 1 is 1.17 bits per heavy atom. The van der Waals surface area contributed by atoms with Crippen LogP contribution in [0.2, 0.25) is 0 Å². The van der Waals surface area contributed by atoms with E-state index in [1.54, 1.807) is 13.1 Å². The van der Waals surface area contributed by atoms with Gasteiger partial charge in [0.1, 0.15) is 0 Å². The molecule has 2 atom stereocenters. The van der Waals surface area contributed by atoms with Gasteiger partial charge in [-0.15, -0.1) is 0 Å². The third kappa shape index (κ3) is 7.96. The number of aromatic nitrogens is 1. The van der Waals surface area contributed by atoms with Crippen LogP contribution in [0, 0.1) is 0 Å². The molecule has 0 bridgehead atoms. The van der Waals surface area contributed by atoms with Crippen molar-refractivity contribution in [3.8, 4) is 0 Å². The summed E-state index contributed by atoms with van der Waals surface area (Å²) in [6.45, 7) is 7.45. The first kappa shape index (κ1) is 31.9. The highest BCUT2D eigenvalue weighted by Crippen LogP contribution is 2.36. The van der Waals surface area contributed by atoms with E-state index in [1.165, 1.54) is 9.88 Å². The summed E-state index contributed by atoms with van der Waals surface area (Å²) < 4.78 is 29.1. The summed E-state index contributed by atoms with van der Waals surface area (Å²) in [5.74, 6) is -0.332. The molecule has 3 aromatic rings. The Kier molecular flexibility index (Phi) is 11.1. The normalized spacial score (nSPS) is 15.2. The molecule has 4 rings (SSSR count). The highest BCUT2D eigenvalue weighted by Gasteiger charge is 2.29. The number of sulfonamides is 1. The van der Waals surface area contributed by atoms with Crippen molar-refractivity contribution in [3.05, 3.63) is 77.0 Å². The van der Waals surface area contributed by atoms with Gasteiger partial charge in [0.15, 0.2) is 0 Å². The number of anilines is 1. The van der Waals surface area contributed by atoms with Gasteiger partial charge in [-0.3, -0.25) is 13.9 Å². The third-order valence-corrected chi connectivity index (χ3v) is 8.87. The number of aliphatic hydroxyl groups is 1. The maximum absolute atomic E-state index is 13.6. The Bertz CT molecular complexity index is 1480. The summed E-state index contributed by atoms with van der Waals surface area (Å²) in [5.41, 5.74) is 4.85. The SMILES string of the molecule is CCn1cc2c3c(cc(C(=O)N[C@@H](Cc4ccccc4)[C@H](O)CNCC=C(C)C)cc31)N(C)S(=O)(=O)CC2.O=CO. The second kappa shape index (κ2) is 14.3. The lowest BCUT2D eigenvalue weighted by Crippen LogP contribution is -2.48. The van der Waals surface area contributed by atoms with Crippen molar-refractivity contribution in [2.45, 2.75) is 52.3 Å². The second-order valence-corrected chi connectivity index (χ2v) is 12.4. The van der Waals surface area contributed by atoms with Crippen LogP contribution < -0.4 is 14.9 Å². The number of nitrogens with zero attached hydrogens (tertiary/aromatic N) is 2. The van der Waals surface area contributed by atoms with Crippen LogP contribution in [0.1, 0.15) is 42.3 Å². The number of carbonyl (C=O) groups is 2. The van der Waals surface area contributed by atoms with E-state index in [-0.39, 0.29) is 18.1 Å². The highest BCUT2D eigenvalue weighted by atomic mass is 32.2. The molecule has 0 aliphatic carbocycles. The van der Waals surface area contributed by atoms with E-state index in [1.807, 2.05) is 69.4 Å². The number of allylic oxidation sites excluding steroid dienone is 1. The van der Waals surface area contributed by atoms with Gasteiger partial charge in [0.2, 0.25) is 10.0 Å². The average Bonchev–Trinajstić information content (AvgIpc) is 3.27. The number of rotatable bonds is 10. The minimum Gasteiger partial charge on any atom is -0.483 e. The van der Waals surface area contributed by atoms with Crippen molar-refractivity contribution in [1.29, 1.82) is 0 Å². The van der Waals surface area contributed by atoms with Crippen LogP contribution >= 0.6 is 0 Å². The monoisotopic (exact) mass is 584 g/mol. The molecule has 1 aliphatic heterocycles. The maximum atomic E-state index is 13.6. The third-order valence-electron chi connectivity index (χ3n) is 7.12. The summed E-state index contributed by atoms with van der Waals surface area (Å²) in [5, 5.41) is 25.1. The van der Waals surface area contributed by atoms with Crippen LogP contribution in [-0.2, 0) is 34.2 Å². The molecule has 2 aromatic carbocycles. The van der Waals surface area contributed by atoms with Gasteiger partial charge < -0.3 is 25.4 Å². The van der Waals surface area contributed by atoms with Gasteiger partial charge in [0.25, 0.3) is 12.4 Å². The smallest absolute Gasteiger partial charge is 0.290 e. The fourth-order valence-corrected chi connectivity index (χ4v) is 6.09. The lowest BCUT2D eigenvalue weighted by Gasteiger charge is -2.25. The molecule has 0 unspecified atom stereocenters. The predicted molar refractivity (Wildman–Crippen MR) is 162 cm³/mol. The molecule has 4 N–H and O–H groups in total. The van der Waals surface area contributed by atoms with Crippen LogP contribution in [0.3, 0.4) is 0 Å². The van der Waals surface area contributed by atoms with Crippen molar-refractivity contribution in [3.63, 3.8) is 0 Å². The van der Waals surface area contributed by atoms with E-state index >= 15 is 0 Å². The molecule has 222 valence electrons. The summed E-state index contributed by atoms with van der Waals surface area (Å²) in [6.07, 6.45) is 4.09. The molecule has 0 saturated carbocycles. The first-order chi connectivity index (χ1) is 19.5. The second-order valence-electron chi connectivity index (χ2n) is 10.2. The van der Waals surface area contributed by atoms with Crippen molar-refractivity contribution in [1.82, 2.24) is 15.2 Å². The van der Waals surface area contributed by atoms with Gasteiger partial charge in [-0.1, -0.05) is 42.0 Å². The van der Waals surface area contributed by atoms with E-state index in [0.29, 0.717) is 43.7 Å². The largest absolute Gasteiger partial charge is 0.483 e. The topological polar surface area (TPSA) is 141 Å². The Hall–Kier alpha value is -3.67. The quantitative estimate of drug-likeness (QED) is 0.163. The van der Waals surface area contributed by atoms with Crippen LogP contribution in [0.4, 0.5) is 5.69 Å². The fourth-order valence-electron chi connectivity index (χ4n) is 4.90. The van der Waals surface area contributed by atoms with Gasteiger partial charge >= 0.3 is 0 Å². The minimum absolute atomic E-state index is 0.0215. The van der Waals surface area contributed by atoms with E-state index in [4.69, 9.17) is 9.90 Å². The fraction of sp³-hybridized carbons (Fsp3) is 0.400. The Labute approximate surface area is 241 Å². The number of aryl methyl sites for hydroxylation is 2. The molecule has 1 aliphatic rings. The van der Waals surface area contributed by atoms with Crippen molar-refractivity contribution in [2.24, 2.45) is 0 Å². The number of carbonyl (C=O) groups excluding carboxylic acids is 1. The van der Waals surface area contributed by atoms with Crippen LogP contribution in [0.5, 0.6) is 0 Å². The zero-order chi connectivity index (χ0) is 30.2. The first-order valence-electron chi connectivity index (χ1n) is 13.6. The number of aliphatic hydroxyl groups excluding tert-OH is 1. The number of benzene rings is 2. The van der Waals surface area contributed by atoms with Crippen molar-refractivity contribution in [2.75, 3.05) is 30.2 Å². The van der Waals surface area contributed by atoms with Crippen molar-refractivity contribution >= 4 is 39.0 Å². The van der Waals surface area contributed by atoms with Gasteiger partial charge in [-0.05, 0) is 56.9 Å². The van der Waals surface area contributed by atoms with Gasteiger partial charge in [0.05, 0.1) is 29.1 Å². The zero-order valence-electron chi connectivity index (χ0n) is 24.0. The predicted octanol–water partition coefficient (Wildman–Crippen LogP) is 2.94. The molecule has 0 fully saturated rings. The number of amides is 1. The summed E-state index contributed by atoms with van der Waals surface area (Å²) in [7, 11) is -1.95. The molecular weight excluding hydrogens is 544 g/mol. The number of hydrogen-bond donors (Lipinski definition) is 4. The summed E-state index contributed by atoms with van der Waals surface area (Å²) >= 11 is 0. The Balaban J connectivity index is 0.00000147. The van der Waals surface area contributed by atoms with Gasteiger partial charge in [-0.25, -0.2) is 8.42 Å². The molecule has 1 aromatic heterocycles. The lowest BCUT2D eigenvalue weighted by molar-refractivity contribution is -0.122. The van der Waals surface area contributed by atoms with E-state index in [2.05, 4.69) is 15.2 Å². The van der Waals surface area contributed by atoms with E-state index < -0.39 is 22.2 Å². The van der Waals surface area contributed by atoms with E-state index in [9.17, 15) is 18.3 Å². The first-order valence-corrected chi connectivity index (χ1v) is 15.2. The minimum atomic E-state index is -3.50. The standard InChI is InChI=1S/C29H38N4O4S.CH2O2/c1-5-33-19-22-12-14-38(36,37)32(4)25-16-23(17-26(33)28(22)25)29(35)31-24(15-21-9-7-6-8-10-21)27(34)18-30-13-11-20(2)3;2-1-3/h6-11,16-17,19,24,27,30,34H,5,12-15,18H2,1-4H3,(H,31,35);1H,(H,2,3)/t24-,27+;/m0./s1. The van der Waals surface area contributed by atoms with Gasteiger partial charge in [-0.2, -0.15) is 0 Å². The molecule has 2 heterocycles. The molecular formula is C30H40N4O6S. The molecule has 0 spiro atoms. The van der Waals surface area contributed by atoms with Gasteiger partial charge in [0, 0.05) is 43.8 Å². The molecule has 0 saturated heterocycles. The summed E-state index contributed by atoms with van der Waals surface area (Å²) in [4.78, 5) is 22.0. The number of nitrogens with one attached hydrogen (secondary N) is 2. The molecule has 11 heteroatoms. The number of hydrogen-bond acceptors (Lipinski definition) is 6. The highest BCUT2D eigenvalue weighted by molar-refractivity contribution is 7.92. The average molecular weight is 585 g/mol. The number of carboxylic acid groups (broad SMARTS) is 1. The summed E-state index contributed by atoms with van der Waals surface area (Å²) in [6, 6.07) is 12.7. The zero-order valence-corrected chi connectivity index (χ0v) is 24.8. The van der Waals surface area contributed by atoms with Crippen LogP contribution in [-0.4, -0.2) is 73.6 Å². The Morgan fingerprint density at radius 3 is 2.49 bits per heavy atom. The molecule has 0 radical (unpaired) electrons. The van der Waals surface area contributed by atoms with Crippen LogP contribution in [0.25, 0.3) is 10.9 Å². The molecule has 41 heavy (non-hydrogen) atoms. The lowest BCUT2D eigenvalue weighted by atomic mass is 10.00. The van der Waals surface area contributed by atoms with E-state index in [0.717, 1.165) is 22.0 Å². The molecule has 10 nitrogen and oxygen atoms in total. The Morgan fingerprint density at radius 2 is 1.85 bits per heavy atom. The maximum Gasteiger partial charge on any atom is 0.290 e. The van der Waals surface area contributed by atoms with Crippen LogP contribution in [0.15, 0.2) is 60.3 Å². The molecule has 1 amide bonds.